The number of unbranched alkanes of at least 4 members (excludes halogenated alkanes) is 38. The van der Waals surface area contributed by atoms with Crippen molar-refractivity contribution in [3.05, 3.63) is 24.3 Å². The summed E-state index contributed by atoms with van der Waals surface area (Å²) >= 11 is 0. The number of hydrogen-bond acceptors (Lipinski definition) is 13. The second-order valence-electron chi connectivity index (χ2n) is 24.0. The second kappa shape index (κ2) is 51.9. The Labute approximate surface area is 488 Å². The quantitative estimate of drug-likeness (QED) is 0.0204. The third-order valence-corrected chi connectivity index (χ3v) is 16.7. The maximum absolute atomic E-state index is 13.3. The van der Waals surface area contributed by atoms with Crippen molar-refractivity contribution >= 4 is 5.91 Å². The molecule has 14 nitrogen and oxygen atoms in total. The molecule has 1 amide bonds. The van der Waals surface area contributed by atoms with Crippen molar-refractivity contribution in [2.24, 2.45) is 0 Å². The molecule has 2 aliphatic heterocycles. The van der Waals surface area contributed by atoms with Gasteiger partial charge in [-0.3, -0.25) is 4.79 Å². The Morgan fingerprint density at radius 1 is 0.450 bits per heavy atom. The molecule has 2 heterocycles. The van der Waals surface area contributed by atoms with E-state index in [0.29, 0.717) is 12.8 Å². The highest BCUT2D eigenvalue weighted by molar-refractivity contribution is 5.76. The number of carbonyl (C=O) groups is 1. The van der Waals surface area contributed by atoms with E-state index in [-0.39, 0.29) is 12.5 Å². The van der Waals surface area contributed by atoms with E-state index in [0.717, 1.165) is 57.8 Å². The maximum atomic E-state index is 13.3. The van der Waals surface area contributed by atoms with E-state index in [1.807, 2.05) is 0 Å². The van der Waals surface area contributed by atoms with Crippen LogP contribution in [0.5, 0.6) is 0 Å². The number of amides is 1. The Hall–Kier alpha value is -1.53. The van der Waals surface area contributed by atoms with Crippen LogP contribution in [0.15, 0.2) is 24.3 Å². The smallest absolute Gasteiger partial charge is 0.220 e. The lowest BCUT2D eigenvalue weighted by atomic mass is 9.97. The molecule has 0 radical (unpaired) electrons. The van der Waals surface area contributed by atoms with Gasteiger partial charge in [0.25, 0.3) is 0 Å². The largest absolute Gasteiger partial charge is 0.394 e. The predicted molar refractivity (Wildman–Crippen MR) is 323 cm³/mol. The average Bonchev–Trinajstić information content (AvgIpc) is 3.46. The van der Waals surface area contributed by atoms with Gasteiger partial charge in [-0.05, 0) is 44.9 Å². The summed E-state index contributed by atoms with van der Waals surface area (Å²) in [6.45, 7) is 2.89. The average molecular weight is 1140 g/mol. The van der Waals surface area contributed by atoms with Crippen molar-refractivity contribution in [3.63, 3.8) is 0 Å². The number of nitrogens with one attached hydrogen (secondary N) is 1. The summed E-state index contributed by atoms with van der Waals surface area (Å²) in [4.78, 5) is 13.3. The molecule has 2 aliphatic rings. The number of carbonyl (C=O) groups excluding carboxylic acids is 1. The summed E-state index contributed by atoms with van der Waals surface area (Å²) in [6.07, 6.45) is 46.1. The number of aliphatic hydroxyl groups excluding tert-OH is 8. The summed E-state index contributed by atoms with van der Waals surface area (Å²) in [7, 11) is 0. The van der Waals surface area contributed by atoms with Crippen molar-refractivity contribution in [1.29, 1.82) is 0 Å². The van der Waals surface area contributed by atoms with Crippen LogP contribution in [0.2, 0.25) is 0 Å². The molecule has 9 N–H and O–H groups in total. The van der Waals surface area contributed by atoms with Gasteiger partial charge in [0.1, 0.15) is 48.8 Å². The van der Waals surface area contributed by atoms with Gasteiger partial charge in [0, 0.05) is 6.42 Å². The lowest BCUT2D eigenvalue weighted by molar-refractivity contribution is -0.359. The summed E-state index contributed by atoms with van der Waals surface area (Å²) < 4.78 is 22.9. The first-order valence-electron chi connectivity index (χ1n) is 33.6. The van der Waals surface area contributed by atoms with E-state index < -0.39 is 86.8 Å². The summed E-state index contributed by atoms with van der Waals surface area (Å²) in [5, 5.41) is 87.5. The molecule has 2 fully saturated rings. The fraction of sp³-hybridized carbons (Fsp3) is 0.924. The van der Waals surface area contributed by atoms with E-state index in [1.54, 1.807) is 0 Å². The van der Waals surface area contributed by atoms with Crippen molar-refractivity contribution in [1.82, 2.24) is 5.32 Å². The minimum absolute atomic E-state index is 0.202. The number of hydrogen-bond donors (Lipinski definition) is 9. The molecule has 0 spiro atoms. The van der Waals surface area contributed by atoms with Crippen LogP contribution >= 0.6 is 0 Å². The van der Waals surface area contributed by atoms with E-state index in [2.05, 4.69) is 43.5 Å². The van der Waals surface area contributed by atoms with Crippen LogP contribution in [0.4, 0.5) is 0 Å². The Morgan fingerprint density at radius 3 is 1.25 bits per heavy atom. The third kappa shape index (κ3) is 36.3. The zero-order valence-electron chi connectivity index (χ0n) is 51.1. The number of ether oxygens (including phenoxy) is 4. The van der Waals surface area contributed by atoms with Crippen LogP contribution in [0.25, 0.3) is 0 Å². The van der Waals surface area contributed by atoms with Crippen LogP contribution in [-0.4, -0.2) is 140 Å². The van der Waals surface area contributed by atoms with Gasteiger partial charge >= 0.3 is 0 Å². The minimum atomic E-state index is -1.78. The van der Waals surface area contributed by atoms with Crippen molar-refractivity contribution < 1.29 is 64.6 Å². The molecule has 14 heteroatoms. The van der Waals surface area contributed by atoms with Gasteiger partial charge in [0.2, 0.25) is 5.91 Å². The molecule has 0 aromatic heterocycles. The Morgan fingerprint density at radius 2 is 0.825 bits per heavy atom. The number of allylic oxidation sites excluding steroid dienone is 4. The first-order valence-corrected chi connectivity index (χ1v) is 33.6. The van der Waals surface area contributed by atoms with Gasteiger partial charge in [-0.2, -0.15) is 0 Å². The van der Waals surface area contributed by atoms with Crippen LogP contribution in [-0.2, 0) is 23.7 Å². The van der Waals surface area contributed by atoms with Crippen LogP contribution in [0.3, 0.4) is 0 Å². The lowest BCUT2D eigenvalue weighted by Crippen LogP contribution is -2.65. The molecule has 0 aliphatic carbocycles. The van der Waals surface area contributed by atoms with Gasteiger partial charge in [-0.15, -0.1) is 0 Å². The highest BCUT2D eigenvalue weighted by Crippen LogP contribution is 2.30. The van der Waals surface area contributed by atoms with Gasteiger partial charge < -0.3 is 65.1 Å². The van der Waals surface area contributed by atoms with Gasteiger partial charge in [-0.25, -0.2) is 0 Å². The molecular weight excluding hydrogens is 1010 g/mol. The van der Waals surface area contributed by atoms with Crippen LogP contribution in [0.1, 0.15) is 296 Å². The van der Waals surface area contributed by atoms with Gasteiger partial charge in [-0.1, -0.05) is 269 Å². The number of rotatable bonds is 55. The topological polar surface area (TPSA) is 228 Å². The van der Waals surface area contributed by atoms with Crippen LogP contribution in [0, 0.1) is 0 Å². The fourth-order valence-corrected chi connectivity index (χ4v) is 11.3. The van der Waals surface area contributed by atoms with E-state index in [9.17, 15) is 45.6 Å². The molecule has 0 aromatic rings. The Kier molecular flexibility index (Phi) is 48.3. The van der Waals surface area contributed by atoms with Crippen molar-refractivity contribution in [3.8, 4) is 0 Å². The van der Waals surface area contributed by atoms with E-state index in [1.165, 1.54) is 212 Å². The van der Waals surface area contributed by atoms with Crippen LogP contribution < -0.4 is 5.32 Å². The Bertz CT molecular complexity index is 1440. The molecule has 0 saturated carbocycles. The molecule has 80 heavy (non-hydrogen) atoms. The zero-order valence-corrected chi connectivity index (χ0v) is 51.1. The molecule has 2 rings (SSSR count). The monoisotopic (exact) mass is 1140 g/mol. The molecule has 12 unspecified atom stereocenters. The highest BCUT2D eigenvalue weighted by atomic mass is 16.7. The zero-order chi connectivity index (χ0) is 58.1. The SMILES string of the molecule is CCCCCCC/C=C\C/C=C\CCCCCCCCCCCCCCCCCCCC(=O)NC(COC1OC(CO)C(OC2OC(CO)C(O)C(O)C2O)C(O)C1O)C(O)CCCCCCCCCCCCCCCCCCC. The molecular formula is C66H125NO13. The third-order valence-electron chi connectivity index (χ3n) is 16.7. The summed E-state index contributed by atoms with van der Waals surface area (Å²) in [6, 6.07) is -0.827. The second-order valence-corrected chi connectivity index (χ2v) is 24.0. The van der Waals surface area contributed by atoms with Crippen molar-refractivity contribution in [2.45, 2.75) is 370 Å². The Balaban J connectivity index is 1.66. The standard InChI is InChI=1S/C66H125NO13/c1-3-5-7-9-11-13-15-17-19-21-22-23-24-25-26-27-28-29-30-31-32-34-36-38-40-42-44-46-48-50-58(71)67-54(55(70)49-47-45-43-41-39-37-35-33-20-18-16-14-12-10-8-6-4-2)53-77-65-63(76)61(74)64(57(52-69)79-65)80-66-62(75)60(73)59(72)56(51-68)78-66/h15,17,21-22,54-57,59-66,68-70,72-76H,3-14,16,18-20,23-53H2,1-2H3,(H,67,71)/b17-15-,22-21-. The number of aliphatic hydroxyl groups is 8. The normalized spacial score (nSPS) is 24.3. The molecule has 12 atom stereocenters. The summed E-state index contributed by atoms with van der Waals surface area (Å²) in [5.74, 6) is -0.202. The molecule has 0 aromatic carbocycles. The fourth-order valence-electron chi connectivity index (χ4n) is 11.3. The van der Waals surface area contributed by atoms with Gasteiger partial charge in [0.15, 0.2) is 12.6 Å². The van der Waals surface area contributed by atoms with E-state index >= 15 is 0 Å². The van der Waals surface area contributed by atoms with Gasteiger partial charge in [0.05, 0.1) is 32.0 Å². The summed E-state index contributed by atoms with van der Waals surface area (Å²) in [5.41, 5.74) is 0. The predicted octanol–water partition coefficient (Wildman–Crippen LogP) is 12.8. The maximum Gasteiger partial charge on any atom is 0.220 e. The molecule has 472 valence electrons. The molecule has 2 saturated heterocycles. The molecule has 0 bridgehead atoms. The van der Waals surface area contributed by atoms with E-state index in [4.69, 9.17) is 18.9 Å². The first kappa shape index (κ1) is 74.6. The first-order chi connectivity index (χ1) is 39.1. The lowest BCUT2D eigenvalue weighted by Gasteiger charge is -2.46. The van der Waals surface area contributed by atoms with Crippen molar-refractivity contribution in [2.75, 3.05) is 19.8 Å². The minimum Gasteiger partial charge on any atom is -0.394 e. The highest BCUT2D eigenvalue weighted by Gasteiger charge is 2.51.